The Morgan fingerprint density at radius 2 is 1.91 bits per heavy atom. The molecule has 0 saturated carbocycles. The largest absolute Gasteiger partial charge is 0.323 e. The van der Waals surface area contributed by atoms with Crippen LogP contribution in [0.3, 0.4) is 0 Å². The number of carbonyl (C=O) groups is 1. The third-order valence-corrected chi connectivity index (χ3v) is 3.24. The molecular weight excluding hydrogens is 293 g/mol. The molecule has 0 aliphatic rings. The van der Waals surface area contributed by atoms with E-state index in [0.29, 0.717) is 0 Å². The van der Waals surface area contributed by atoms with Crippen LogP contribution in [0.25, 0.3) is 5.69 Å². The molecule has 1 amide bonds. The van der Waals surface area contributed by atoms with Crippen LogP contribution in [0.4, 0.5) is 4.39 Å². The van der Waals surface area contributed by atoms with Gasteiger partial charge in [0, 0.05) is 29.2 Å². The summed E-state index contributed by atoms with van der Waals surface area (Å²) in [6.45, 7) is 0. The minimum atomic E-state index is -0.457. The number of benzene rings is 2. The molecule has 0 aliphatic heterocycles. The summed E-state index contributed by atoms with van der Waals surface area (Å²) >= 11 is 0. The number of aromatic nitrogens is 1. The fourth-order valence-corrected chi connectivity index (χ4v) is 2.11. The van der Waals surface area contributed by atoms with Crippen molar-refractivity contribution in [1.82, 2.24) is 9.99 Å². The number of hydrogen-bond acceptors (Lipinski definition) is 2. The summed E-state index contributed by atoms with van der Waals surface area (Å²) in [5.41, 5.74) is 4.48. The van der Waals surface area contributed by atoms with Gasteiger partial charge in [0.2, 0.25) is 0 Å². The second-order valence-corrected chi connectivity index (χ2v) is 4.90. The number of amides is 1. The topological polar surface area (TPSA) is 46.4 Å². The van der Waals surface area contributed by atoms with Gasteiger partial charge in [-0.3, -0.25) is 4.79 Å². The average Bonchev–Trinajstić information content (AvgIpc) is 3.04. The Balaban J connectivity index is 1.65. The second kappa shape index (κ2) is 6.70. The molecule has 0 radical (unpaired) electrons. The van der Waals surface area contributed by atoms with E-state index in [1.54, 1.807) is 0 Å². The van der Waals surface area contributed by atoms with Crippen LogP contribution in [0, 0.1) is 5.82 Å². The van der Waals surface area contributed by atoms with E-state index in [4.69, 9.17) is 0 Å². The van der Waals surface area contributed by atoms with Gasteiger partial charge < -0.3 is 4.57 Å². The summed E-state index contributed by atoms with van der Waals surface area (Å²) < 4.78 is 15.0. The Hall–Kier alpha value is -3.21. The van der Waals surface area contributed by atoms with E-state index >= 15 is 0 Å². The van der Waals surface area contributed by atoms with Crippen LogP contribution in [-0.4, -0.2) is 16.7 Å². The standard InChI is InChI=1S/C18H14FN3O/c19-16-6-4-5-15(11-16)18(23)21-20-12-14-9-10-22(13-14)17-7-2-1-3-8-17/h1-13H,(H,21,23)/b20-12-. The quantitative estimate of drug-likeness (QED) is 0.583. The first kappa shape index (κ1) is 14.7. The van der Waals surface area contributed by atoms with Gasteiger partial charge in [0.15, 0.2) is 0 Å². The smallest absolute Gasteiger partial charge is 0.271 e. The molecule has 5 heteroatoms. The molecule has 1 heterocycles. The van der Waals surface area contributed by atoms with Crippen molar-refractivity contribution in [1.29, 1.82) is 0 Å². The maximum Gasteiger partial charge on any atom is 0.271 e. The van der Waals surface area contributed by atoms with Gasteiger partial charge in [0.1, 0.15) is 5.82 Å². The van der Waals surface area contributed by atoms with E-state index in [-0.39, 0.29) is 5.56 Å². The molecule has 2 aromatic carbocycles. The van der Waals surface area contributed by atoms with E-state index in [9.17, 15) is 9.18 Å². The second-order valence-electron chi connectivity index (χ2n) is 4.90. The molecule has 0 spiro atoms. The lowest BCUT2D eigenvalue weighted by molar-refractivity contribution is 0.0954. The summed E-state index contributed by atoms with van der Waals surface area (Å²) in [5, 5.41) is 3.89. The maximum absolute atomic E-state index is 13.1. The van der Waals surface area contributed by atoms with Crippen LogP contribution < -0.4 is 5.43 Å². The number of para-hydroxylation sites is 1. The third kappa shape index (κ3) is 3.71. The van der Waals surface area contributed by atoms with Crippen molar-refractivity contribution in [3.05, 3.63) is 90.0 Å². The minimum absolute atomic E-state index is 0.226. The van der Waals surface area contributed by atoms with Crippen LogP contribution in [0.5, 0.6) is 0 Å². The summed E-state index contributed by atoms with van der Waals surface area (Å²) in [7, 11) is 0. The predicted molar refractivity (Wildman–Crippen MR) is 87.2 cm³/mol. The van der Waals surface area contributed by atoms with Crippen molar-refractivity contribution in [3.63, 3.8) is 0 Å². The third-order valence-electron chi connectivity index (χ3n) is 3.24. The molecule has 0 saturated heterocycles. The summed E-state index contributed by atoms with van der Waals surface area (Å²) in [4.78, 5) is 11.8. The Labute approximate surface area is 132 Å². The van der Waals surface area contributed by atoms with Gasteiger partial charge in [-0.1, -0.05) is 24.3 Å². The van der Waals surface area contributed by atoms with E-state index in [0.717, 1.165) is 17.3 Å². The van der Waals surface area contributed by atoms with Gasteiger partial charge in [-0.15, -0.1) is 0 Å². The normalized spacial score (nSPS) is 10.8. The lowest BCUT2D eigenvalue weighted by Gasteiger charge is -2.00. The highest BCUT2D eigenvalue weighted by Gasteiger charge is 2.04. The molecule has 0 aliphatic carbocycles. The number of carbonyl (C=O) groups excluding carboxylic acids is 1. The fraction of sp³-hybridized carbons (Fsp3) is 0. The first-order valence-corrected chi connectivity index (χ1v) is 7.05. The number of rotatable bonds is 4. The highest BCUT2D eigenvalue weighted by molar-refractivity contribution is 5.94. The number of nitrogens with one attached hydrogen (secondary N) is 1. The zero-order valence-corrected chi connectivity index (χ0v) is 12.2. The Kier molecular flexibility index (Phi) is 4.29. The molecule has 3 aromatic rings. The van der Waals surface area contributed by atoms with Crippen molar-refractivity contribution in [2.75, 3.05) is 0 Å². The predicted octanol–water partition coefficient (Wildman–Crippen LogP) is 3.38. The van der Waals surface area contributed by atoms with Gasteiger partial charge >= 0.3 is 0 Å². The van der Waals surface area contributed by atoms with Crippen LogP contribution in [0.15, 0.2) is 78.2 Å². The number of hydrazone groups is 1. The molecule has 1 aromatic heterocycles. The maximum atomic E-state index is 13.1. The van der Waals surface area contributed by atoms with Gasteiger partial charge in [0.25, 0.3) is 5.91 Å². The Bertz CT molecular complexity index is 840. The summed E-state index contributed by atoms with van der Waals surface area (Å²) in [6, 6.07) is 17.2. The van der Waals surface area contributed by atoms with Crippen LogP contribution in [-0.2, 0) is 0 Å². The molecule has 0 bridgehead atoms. The first-order chi connectivity index (χ1) is 11.2. The number of nitrogens with zero attached hydrogens (tertiary/aromatic N) is 2. The van der Waals surface area contributed by atoms with Crippen molar-refractivity contribution < 1.29 is 9.18 Å². The lowest BCUT2D eigenvalue weighted by atomic mass is 10.2. The summed E-state index contributed by atoms with van der Waals surface area (Å²) in [5.74, 6) is -0.912. The van der Waals surface area contributed by atoms with Crippen molar-refractivity contribution in [2.45, 2.75) is 0 Å². The molecule has 1 N–H and O–H groups in total. The van der Waals surface area contributed by atoms with E-state index < -0.39 is 11.7 Å². The molecule has 114 valence electrons. The average molecular weight is 307 g/mol. The molecule has 0 unspecified atom stereocenters. The van der Waals surface area contributed by atoms with Crippen molar-refractivity contribution in [2.24, 2.45) is 5.10 Å². The van der Waals surface area contributed by atoms with Crippen molar-refractivity contribution in [3.8, 4) is 5.69 Å². The molecule has 0 atom stereocenters. The van der Waals surface area contributed by atoms with Crippen LogP contribution in [0.2, 0.25) is 0 Å². The summed E-state index contributed by atoms with van der Waals surface area (Å²) in [6.07, 6.45) is 5.34. The Morgan fingerprint density at radius 1 is 1.09 bits per heavy atom. The molecular formula is C18H14FN3O. The molecule has 3 rings (SSSR count). The van der Waals surface area contributed by atoms with Gasteiger partial charge in [-0.2, -0.15) is 5.10 Å². The lowest BCUT2D eigenvalue weighted by Crippen LogP contribution is -2.17. The minimum Gasteiger partial charge on any atom is -0.323 e. The van der Waals surface area contributed by atoms with Gasteiger partial charge in [0.05, 0.1) is 6.21 Å². The zero-order valence-electron chi connectivity index (χ0n) is 12.2. The highest BCUT2D eigenvalue weighted by Crippen LogP contribution is 2.09. The Morgan fingerprint density at radius 3 is 2.70 bits per heavy atom. The molecule has 4 nitrogen and oxygen atoms in total. The monoisotopic (exact) mass is 307 g/mol. The molecule has 0 fully saturated rings. The molecule has 23 heavy (non-hydrogen) atoms. The number of halogens is 1. The van der Waals surface area contributed by atoms with E-state index in [1.165, 1.54) is 24.4 Å². The SMILES string of the molecule is O=C(N/N=C\c1ccn(-c2ccccc2)c1)c1cccc(F)c1. The van der Waals surface area contributed by atoms with Crippen LogP contribution in [0.1, 0.15) is 15.9 Å². The van der Waals surface area contributed by atoms with Crippen LogP contribution >= 0.6 is 0 Å². The van der Waals surface area contributed by atoms with Gasteiger partial charge in [-0.05, 0) is 36.4 Å². The fourth-order valence-electron chi connectivity index (χ4n) is 2.11. The van der Waals surface area contributed by atoms with Gasteiger partial charge in [-0.25, -0.2) is 9.82 Å². The highest BCUT2D eigenvalue weighted by atomic mass is 19.1. The van der Waals surface area contributed by atoms with E-state index in [2.05, 4.69) is 10.5 Å². The van der Waals surface area contributed by atoms with E-state index in [1.807, 2.05) is 53.4 Å². The first-order valence-electron chi connectivity index (χ1n) is 7.05. The number of hydrogen-bond donors (Lipinski definition) is 1. The van der Waals surface area contributed by atoms with Crippen molar-refractivity contribution >= 4 is 12.1 Å². The zero-order chi connectivity index (χ0) is 16.1.